The summed E-state index contributed by atoms with van der Waals surface area (Å²) in [4.78, 5) is 11.4. The average molecular weight is 261 g/mol. The fourth-order valence-corrected chi connectivity index (χ4v) is 1.64. The molecule has 0 spiro atoms. The highest BCUT2D eigenvalue weighted by Crippen LogP contribution is 2.13. The Morgan fingerprint density at radius 2 is 1.89 bits per heavy atom. The molecule has 0 fully saturated rings. The van der Waals surface area contributed by atoms with E-state index >= 15 is 0 Å². The smallest absolute Gasteiger partial charge is 0.336 e. The summed E-state index contributed by atoms with van der Waals surface area (Å²) in [5.41, 5.74) is 2.18. The molecule has 0 saturated carbocycles. The maximum absolute atomic E-state index is 11.4. The average Bonchev–Trinajstić information content (AvgIpc) is 2.35. The molecule has 0 aliphatic rings. The zero-order valence-corrected chi connectivity index (χ0v) is 12.0. The standard InChI is InChI=1S/C16H23NO2/c1-4-10-17-11-9-14-5-7-15(8-6-14)19-16(18)12-13(2)3/h5-8,12,17H,4,9-11H2,1-3H3. The lowest BCUT2D eigenvalue weighted by Crippen LogP contribution is -2.17. The predicted molar refractivity (Wildman–Crippen MR) is 78.4 cm³/mol. The highest BCUT2D eigenvalue weighted by Gasteiger charge is 2.01. The normalized spacial score (nSPS) is 10.1. The minimum Gasteiger partial charge on any atom is -0.423 e. The summed E-state index contributed by atoms with van der Waals surface area (Å²) in [5, 5.41) is 3.36. The van der Waals surface area contributed by atoms with Crippen LogP contribution in [0.25, 0.3) is 0 Å². The SMILES string of the molecule is CCCNCCc1ccc(OC(=O)C=C(C)C)cc1. The molecule has 0 aliphatic heterocycles. The van der Waals surface area contributed by atoms with Crippen molar-refractivity contribution in [1.82, 2.24) is 5.32 Å². The Balaban J connectivity index is 2.43. The van der Waals surface area contributed by atoms with Gasteiger partial charge in [0.25, 0.3) is 0 Å². The molecule has 0 bridgehead atoms. The van der Waals surface area contributed by atoms with Gasteiger partial charge in [-0.05, 0) is 57.5 Å². The molecular formula is C16H23NO2. The van der Waals surface area contributed by atoms with Gasteiger partial charge in [-0.3, -0.25) is 0 Å². The Labute approximate surface area is 115 Å². The Morgan fingerprint density at radius 3 is 2.47 bits per heavy atom. The number of carbonyl (C=O) groups excluding carboxylic acids is 1. The lowest BCUT2D eigenvalue weighted by atomic mass is 10.1. The summed E-state index contributed by atoms with van der Waals surface area (Å²) in [5.74, 6) is 0.269. The maximum Gasteiger partial charge on any atom is 0.336 e. The van der Waals surface area contributed by atoms with Crippen molar-refractivity contribution in [2.24, 2.45) is 0 Å². The van der Waals surface area contributed by atoms with Crippen LogP contribution in [0.2, 0.25) is 0 Å². The van der Waals surface area contributed by atoms with Crippen molar-refractivity contribution in [3.63, 3.8) is 0 Å². The van der Waals surface area contributed by atoms with Crippen molar-refractivity contribution < 1.29 is 9.53 Å². The van der Waals surface area contributed by atoms with Gasteiger partial charge < -0.3 is 10.1 Å². The van der Waals surface area contributed by atoms with Crippen LogP contribution in [0.1, 0.15) is 32.8 Å². The monoisotopic (exact) mass is 261 g/mol. The molecule has 0 saturated heterocycles. The van der Waals surface area contributed by atoms with E-state index in [0.717, 1.165) is 31.5 Å². The first-order valence-corrected chi connectivity index (χ1v) is 6.78. The molecule has 1 aromatic rings. The van der Waals surface area contributed by atoms with Gasteiger partial charge in [0.2, 0.25) is 0 Å². The fraction of sp³-hybridized carbons (Fsp3) is 0.438. The summed E-state index contributed by atoms with van der Waals surface area (Å²) in [6.07, 6.45) is 3.63. The Hall–Kier alpha value is -1.61. The summed E-state index contributed by atoms with van der Waals surface area (Å²) >= 11 is 0. The lowest BCUT2D eigenvalue weighted by Gasteiger charge is -2.05. The van der Waals surface area contributed by atoms with Crippen molar-refractivity contribution in [3.8, 4) is 5.75 Å². The number of carbonyl (C=O) groups is 1. The van der Waals surface area contributed by atoms with Gasteiger partial charge in [-0.1, -0.05) is 24.6 Å². The molecule has 1 aromatic carbocycles. The second-order valence-electron chi connectivity index (χ2n) is 4.79. The molecule has 0 unspecified atom stereocenters. The molecule has 104 valence electrons. The van der Waals surface area contributed by atoms with Gasteiger partial charge >= 0.3 is 5.97 Å². The first-order chi connectivity index (χ1) is 9.11. The number of hydrogen-bond acceptors (Lipinski definition) is 3. The van der Waals surface area contributed by atoms with E-state index in [0.29, 0.717) is 5.75 Å². The zero-order chi connectivity index (χ0) is 14.1. The fourth-order valence-electron chi connectivity index (χ4n) is 1.64. The number of nitrogens with one attached hydrogen (secondary N) is 1. The van der Waals surface area contributed by atoms with Crippen LogP contribution in [-0.2, 0) is 11.2 Å². The molecule has 3 heteroatoms. The van der Waals surface area contributed by atoms with Crippen LogP contribution in [0.4, 0.5) is 0 Å². The molecule has 0 aliphatic carbocycles. The predicted octanol–water partition coefficient (Wildman–Crippen LogP) is 3.10. The second-order valence-corrected chi connectivity index (χ2v) is 4.79. The molecule has 3 nitrogen and oxygen atoms in total. The molecular weight excluding hydrogens is 238 g/mol. The van der Waals surface area contributed by atoms with E-state index in [1.807, 2.05) is 38.1 Å². The molecule has 0 amide bonds. The van der Waals surface area contributed by atoms with Crippen molar-refractivity contribution in [3.05, 3.63) is 41.5 Å². The minimum atomic E-state index is -0.322. The summed E-state index contributed by atoms with van der Waals surface area (Å²) in [7, 11) is 0. The summed E-state index contributed by atoms with van der Waals surface area (Å²) in [6.45, 7) is 7.92. The number of benzene rings is 1. The van der Waals surface area contributed by atoms with Crippen LogP contribution in [0.15, 0.2) is 35.9 Å². The first kappa shape index (κ1) is 15.4. The number of esters is 1. The van der Waals surface area contributed by atoms with E-state index in [4.69, 9.17) is 4.74 Å². The third kappa shape index (κ3) is 6.77. The molecule has 0 radical (unpaired) electrons. The molecule has 1 N–H and O–H groups in total. The Bertz CT molecular complexity index is 417. The van der Waals surface area contributed by atoms with Crippen molar-refractivity contribution in [1.29, 1.82) is 0 Å². The zero-order valence-electron chi connectivity index (χ0n) is 12.0. The van der Waals surface area contributed by atoms with Gasteiger partial charge in [-0.15, -0.1) is 0 Å². The maximum atomic E-state index is 11.4. The van der Waals surface area contributed by atoms with Gasteiger partial charge in [0, 0.05) is 6.08 Å². The quantitative estimate of drug-likeness (QED) is 0.355. The second kappa shape index (κ2) is 8.48. The Kier molecular flexibility index (Phi) is 6.90. The van der Waals surface area contributed by atoms with Crippen LogP contribution < -0.4 is 10.1 Å². The van der Waals surface area contributed by atoms with Gasteiger partial charge in [0.05, 0.1) is 0 Å². The van der Waals surface area contributed by atoms with E-state index < -0.39 is 0 Å². The van der Waals surface area contributed by atoms with Gasteiger partial charge in [0.1, 0.15) is 5.75 Å². The van der Waals surface area contributed by atoms with Gasteiger partial charge in [0.15, 0.2) is 0 Å². The van der Waals surface area contributed by atoms with Gasteiger partial charge in [-0.25, -0.2) is 4.79 Å². The third-order valence-corrected chi connectivity index (χ3v) is 2.57. The first-order valence-electron chi connectivity index (χ1n) is 6.78. The lowest BCUT2D eigenvalue weighted by molar-refractivity contribution is -0.129. The van der Waals surface area contributed by atoms with Crippen LogP contribution in [0.5, 0.6) is 5.75 Å². The summed E-state index contributed by atoms with van der Waals surface area (Å²) < 4.78 is 5.19. The van der Waals surface area contributed by atoms with Gasteiger partial charge in [-0.2, -0.15) is 0 Å². The molecule has 0 heterocycles. The largest absolute Gasteiger partial charge is 0.423 e. The molecule has 1 rings (SSSR count). The molecule has 19 heavy (non-hydrogen) atoms. The number of ether oxygens (including phenoxy) is 1. The van der Waals surface area contributed by atoms with Crippen LogP contribution in [-0.4, -0.2) is 19.1 Å². The highest BCUT2D eigenvalue weighted by molar-refractivity contribution is 5.84. The summed E-state index contributed by atoms with van der Waals surface area (Å²) in [6, 6.07) is 7.68. The molecule has 0 aromatic heterocycles. The van der Waals surface area contributed by atoms with E-state index in [9.17, 15) is 4.79 Å². The number of rotatable bonds is 7. The molecule has 0 atom stereocenters. The van der Waals surface area contributed by atoms with Crippen LogP contribution in [0.3, 0.4) is 0 Å². The Morgan fingerprint density at radius 1 is 1.21 bits per heavy atom. The highest BCUT2D eigenvalue weighted by atomic mass is 16.5. The van der Waals surface area contributed by atoms with E-state index in [1.165, 1.54) is 11.6 Å². The number of hydrogen-bond donors (Lipinski definition) is 1. The minimum absolute atomic E-state index is 0.322. The van der Waals surface area contributed by atoms with E-state index in [1.54, 1.807) is 0 Å². The van der Waals surface area contributed by atoms with Crippen molar-refractivity contribution >= 4 is 5.97 Å². The van der Waals surface area contributed by atoms with Crippen LogP contribution in [0, 0.1) is 0 Å². The van der Waals surface area contributed by atoms with Crippen molar-refractivity contribution in [2.45, 2.75) is 33.6 Å². The van der Waals surface area contributed by atoms with Crippen molar-refractivity contribution in [2.75, 3.05) is 13.1 Å². The van der Waals surface area contributed by atoms with E-state index in [-0.39, 0.29) is 5.97 Å². The van der Waals surface area contributed by atoms with Crippen LogP contribution >= 0.6 is 0 Å². The number of allylic oxidation sites excluding steroid dienone is 1. The topological polar surface area (TPSA) is 38.3 Å². The van der Waals surface area contributed by atoms with E-state index in [2.05, 4.69) is 12.2 Å². The third-order valence-electron chi connectivity index (χ3n) is 2.57.